The summed E-state index contributed by atoms with van der Waals surface area (Å²) in [6.45, 7) is 0.824. The van der Waals surface area contributed by atoms with Crippen molar-refractivity contribution in [1.29, 1.82) is 0 Å². The molecule has 0 aliphatic carbocycles. The fourth-order valence-corrected chi connectivity index (χ4v) is 3.96. The zero-order valence-electron chi connectivity index (χ0n) is 14.5. The fourth-order valence-electron chi connectivity index (χ4n) is 2.92. The van der Waals surface area contributed by atoms with Gasteiger partial charge in [0.05, 0.1) is 9.82 Å². The Balaban J connectivity index is 1.59. The van der Waals surface area contributed by atoms with E-state index in [-0.39, 0.29) is 23.0 Å². The lowest BCUT2D eigenvalue weighted by atomic mass is 10.1. The number of carbonyl (C=O) groups is 1. The minimum Gasteiger partial charge on any atom is -0.312 e. The molecule has 2 aromatic rings. The number of non-ortho nitro benzene ring substituents is 1. The maximum Gasteiger partial charge on any atom is 0.269 e. The summed E-state index contributed by atoms with van der Waals surface area (Å²) in [5.41, 5.74) is 1.49. The lowest BCUT2D eigenvalue weighted by Crippen LogP contribution is -2.26. The molecule has 1 aliphatic rings. The minimum absolute atomic E-state index is 0.00379. The van der Waals surface area contributed by atoms with Crippen LogP contribution in [0, 0.1) is 10.1 Å². The largest absolute Gasteiger partial charge is 0.312 e. The standard InChI is InChI=1S/C18H19N3O5S/c22-18-2-1-13-20(18)15-7-9-17(10-8-15)27(25,26)19-12-11-14-3-5-16(6-4-14)21(23)24/h3-10,19H,1-2,11-13H2. The van der Waals surface area contributed by atoms with Crippen LogP contribution in [0.3, 0.4) is 0 Å². The van der Waals surface area contributed by atoms with Crippen LogP contribution in [0.1, 0.15) is 18.4 Å². The molecule has 142 valence electrons. The molecule has 0 spiro atoms. The van der Waals surface area contributed by atoms with Crippen molar-refractivity contribution in [2.24, 2.45) is 0 Å². The van der Waals surface area contributed by atoms with Gasteiger partial charge in [-0.3, -0.25) is 14.9 Å². The minimum atomic E-state index is -3.67. The summed E-state index contributed by atoms with van der Waals surface area (Å²) in [6.07, 6.45) is 1.74. The van der Waals surface area contributed by atoms with Gasteiger partial charge in [0.2, 0.25) is 15.9 Å². The van der Waals surface area contributed by atoms with Crippen molar-refractivity contribution in [2.45, 2.75) is 24.2 Å². The van der Waals surface area contributed by atoms with E-state index in [2.05, 4.69) is 4.72 Å². The van der Waals surface area contributed by atoms with E-state index < -0.39 is 14.9 Å². The Bertz CT molecular complexity index is 940. The van der Waals surface area contributed by atoms with E-state index in [1.54, 1.807) is 29.2 Å². The first-order chi connectivity index (χ1) is 12.9. The monoisotopic (exact) mass is 389 g/mol. The smallest absolute Gasteiger partial charge is 0.269 e. The number of anilines is 1. The predicted molar refractivity (Wildman–Crippen MR) is 100 cm³/mol. The van der Waals surface area contributed by atoms with Crippen LogP contribution in [0.2, 0.25) is 0 Å². The summed E-state index contributed by atoms with van der Waals surface area (Å²) >= 11 is 0. The van der Waals surface area contributed by atoms with E-state index in [1.165, 1.54) is 24.3 Å². The van der Waals surface area contributed by atoms with Gasteiger partial charge in [0.15, 0.2) is 0 Å². The highest BCUT2D eigenvalue weighted by atomic mass is 32.2. The molecule has 1 aliphatic heterocycles. The Kier molecular flexibility index (Phi) is 5.52. The van der Waals surface area contributed by atoms with Crippen LogP contribution in [0.4, 0.5) is 11.4 Å². The Morgan fingerprint density at radius 3 is 2.30 bits per heavy atom. The second-order valence-corrected chi connectivity index (χ2v) is 7.98. The van der Waals surface area contributed by atoms with E-state index in [4.69, 9.17) is 0 Å². The molecule has 0 aromatic heterocycles. The number of nitrogens with zero attached hydrogens (tertiary/aromatic N) is 2. The van der Waals surface area contributed by atoms with Gasteiger partial charge in [-0.05, 0) is 42.7 Å². The number of benzene rings is 2. The normalized spacial score (nSPS) is 14.5. The van der Waals surface area contributed by atoms with Crippen LogP contribution in [-0.2, 0) is 21.2 Å². The van der Waals surface area contributed by atoms with Crippen molar-refractivity contribution in [1.82, 2.24) is 4.72 Å². The highest BCUT2D eigenvalue weighted by molar-refractivity contribution is 7.89. The predicted octanol–water partition coefficient (Wildman–Crippen LogP) is 2.24. The van der Waals surface area contributed by atoms with E-state index in [0.717, 1.165) is 12.0 Å². The topological polar surface area (TPSA) is 110 Å². The number of carbonyl (C=O) groups excluding carboxylic acids is 1. The average Bonchev–Trinajstić information content (AvgIpc) is 3.08. The second-order valence-electron chi connectivity index (χ2n) is 6.21. The number of nitrogens with one attached hydrogen (secondary N) is 1. The van der Waals surface area contributed by atoms with Gasteiger partial charge in [-0.2, -0.15) is 0 Å². The zero-order valence-corrected chi connectivity index (χ0v) is 15.3. The second kappa shape index (κ2) is 7.85. The number of nitro groups is 1. The maximum atomic E-state index is 12.4. The molecule has 1 heterocycles. The number of hydrogen-bond acceptors (Lipinski definition) is 5. The van der Waals surface area contributed by atoms with Gasteiger partial charge in [0.25, 0.3) is 5.69 Å². The molecule has 0 radical (unpaired) electrons. The van der Waals surface area contributed by atoms with Crippen LogP contribution < -0.4 is 9.62 Å². The third-order valence-electron chi connectivity index (χ3n) is 4.39. The van der Waals surface area contributed by atoms with E-state index >= 15 is 0 Å². The Morgan fingerprint density at radius 2 is 1.74 bits per heavy atom. The highest BCUT2D eigenvalue weighted by Gasteiger charge is 2.22. The summed E-state index contributed by atoms with van der Waals surface area (Å²) in [4.78, 5) is 23.7. The van der Waals surface area contributed by atoms with Crippen LogP contribution >= 0.6 is 0 Å². The molecule has 27 heavy (non-hydrogen) atoms. The molecular weight excluding hydrogens is 370 g/mol. The molecule has 0 atom stereocenters. The molecule has 1 fully saturated rings. The van der Waals surface area contributed by atoms with Gasteiger partial charge in [-0.1, -0.05) is 12.1 Å². The molecule has 0 unspecified atom stereocenters. The molecule has 8 nitrogen and oxygen atoms in total. The molecule has 1 N–H and O–H groups in total. The van der Waals surface area contributed by atoms with Crippen LogP contribution in [0.25, 0.3) is 0 Å². The first-order valence-electron chi connectivity index (χ1n) is 8.50. The van der Waals surface area contributed by atoms with Gasteiger partial charge < -0.3 is 4.90 Å². The van der Waals surface area contributed by atoms with Gasteiger partial charge in [-0.15, -0.1) is 0 Å². The molecule has 1 saturated heterocycles. The molecule has 0 saturated carbocycles. The lowest BCUT2D eigenvalue weighted by molar-refractivity contribution is -0.384. The van der Waals surface area contributed by atoms with Crippen molar-refractivity contribution in [3.05, 3.63) is 64.2 Å². The molecule has 0 bridgehead atoms. The molecule has 3 rings (SSSR count). The third-order valence-corrected chi connectivity index (χ3v) is 5.86. The Hall–Kier alpha value is -2.78. The van der Waals surface area contributed by atoms with Gasteiger partial charge in [0.1, 0.15) is 0 Å². The Labute approximate surface area is 157 Å². The number of sulfonamides is 1. The number of rotatable bonds is 7. The summed E-state index contributed by atoms with van der Waals surface area (Å²) in [5.74, 6) is 0.0480. The average molecular weight is 389 g/mol. The van der Waals surface area contributed by atoms with Crippen molar-refractivity contribution in [2.75, 3.05) is 18.0 Å². The summed E-state index contributed by atoms with van der Waals surface area (Å²) < 4.78 is 27.3. The van der Waals surface area contributed by atoms with Gasteiger partial charge in [0, 0.05) is 37.3 Å². The number of hydrogen-bond donors (Lipinski definition) is 1. The summed E-state index contributed by atoms with van der Waals surface area (Å²) in [5, 5.41) is 10.6. The quantitative estimate of drug-likeness (QED) is 0.577. The molecule has 2 aromatic carbocycles. The van der Waals surface area contributed by atoms with Crippen LogP contribution in [-0.4, -0.2) is 32.3 Å². The lowest BCUT2D eigenvalue weighted by Gasteiger charge is -2.16. The third kappa shape index (κ3) is 4.50. The molecule has 1 amide bonds. The first-order valence-corrected chi connectivity index (χ1v) is 9.98. The summed E-state index contributed by atoms with van der Waals surface area (Å²) in [7, 11) is -3.67. The van der Waals surface area contributed by atoms with Gasteiger partial charge >= 0.3 is 0 Å². The van der Waals surface area contributed by atoms with Crippen molar-refractivity contribution < 1.29 is 18.1 Å². The highest BCUT2D eigenvalue weighted by Crippen LogP contribution is 2.23. The maximum absolute atomic E-state index is 12.4. The van der Waals surface area contributed by atoms with Crippen LogP contribution in [0.15, 0.2) is 53.4 Å². The van der Waals surface area contributed by atoms with Gasteiger partial charge in [-0.25, -0.2) is 13.1 Å². The fraction of sp³-hybridized carbons (Fsp3) is 0.278. The number of amides is 1. The van der Waals surface area contributed by atoms with Crippen molar-refractivity contribution >= 4 is 27.3 Å². The van der Waals surface area contributed by atoms with Crippen molar-refractivity contribution in [3.63, 3.8) is 0 Å². The molecule has 9 heteroatoms. The first kappa shape index (κ1) is 19.0. The number of nitro benzene ring substituents is 1. The Morgan fingerprint density at radius 1 is 1.07 bits per heavy atom. The SMILES string of the molecule is O=C1CCCN1c1ccc(S(=O)(=O)NCCc2ccc([N+](=O)[O-])cc2)cc1. The van der Waals surface area contributed by atoms with E-state index in [1.807, 2.05) is 0 Å². The van der Waals surface area contributed by atoms with Crippen LogP contribution in [0.5, 0.6) is 0 Å². The van der Waals surface area contributed by atoms with E-state index in [9.17, 15) is 23.3 Å². The zero-order chi connectivity index (χ0) is 19.4. The molecular formula is C18H19N3O5S. The summed E-state index contributed by atoms with van der Waals surface area (Å²) in [6, 6.07) is 12.2. The van der Waals surface area contributed by atoms with E-state index in [0.29, 0.717) is 25.1 Å². The van der Waals surface area contributed by atoms with Crippen molar-refractivity contribution in [3.8, 4) is 0 Å².